The highest BCUT2D eigenvalue weighted by molar-refractivity contribution is 5.89. The fraction of sp³-hybridized carbons (Fsp3) is 0.867. The molecule has 0 bridgehead atoms. The van der Waals surface area contributed by atoms with Crippen LogP contribution in [0.1, 0.15) is 26.2 Å². The zero-order valence-electron chi connectivity index (χ0n) is 13.0. The first kappa shape index (κ1) is 15.3. The van der Waals surface area contributed by atoms with Crippen LogP contribution in [0.15, 0.2) is 0 Å². The third-order valence-corrected chi connectivity index (χ3v) is 4.40. The van der Waals surface area contributed by atoms with Gasteiger partial charge in [0.25, 0.3) is 0 Å². The van der Waals surface area contributed by atoms with E-state index in [1.165, 1.54) is 6.42 Å². The van der Waals surface area contributed by atoms with E-state index in [4.69, 9.17) is 0 Å². The molecule has 2 rings (SSSR count). The van der Waals surface area contributed by atoms with E-state index in [0.717, 1.165) is 26.1 Å². The Bertz CT molecular complexity index is 370. The highest BCUT2D eigenvalue weighted by atomic mass is 16.2. The van der Waals surface area contributed by atoms with Crippen molar-refractivity contribution in [3.8, 4) is 0 Å². The van der Waals surface area contributed by atoms with E-state index in [1.54, 1.807) is 4.90 Å². The number of hydrogen-bond donors (Lipinski definition) is 0. The first-order valence-electron chi connectivity index (χ1n) is 7.72. The number of likely N-dealkylation sites (tertiary alicyclic amines) is 2. The lowest BCUT2D eigenvalue weighted by atomic mass is 9.96. The Morgan fingerprint density at radius 3 is 2.70 bits per heavy atom. The minimum Gasteiger partial charge on any atom is -0.342 e. The molecule has 0 radical (unpaired) electrons. The molecule has 0 aromatic heterocycles. The van der Waals surface area contributed by atoms with Gasteiger partial charge in [0.15, 0.2) is 0 Å². The minimum atomic E-state index is -0.111. The molecule has 0 spiro atoms. The van der Waals surface area contributed by atoms with E-state index < -0.39 is 0 Å². The third kappa shape index (κ3) is 3.51. The first-order chi connectivity index (χ1) is 9.51. The zero-order chi connectivity index (χ0) is 14.7. The Kier molecular flexibility index (Phi) is 5.02. The van der Waals surface area contributed by atoms with Gasteiger partial charge in [0.1, 0.15) is 0 Å². The van der Waals surface area contributed by atoms with Crippen molar-refractivity contribution in [3.63, 3.8) is 0 Å². The van der Waals surface area contributed by atoms with Crippen LogP contribution in [0.2, 0.25) is 0 Å². The Hall–Kier alpha value is -1.10. The van der Waals surface area contributed by atoms with E-state index in [-0.39, 0.29) is 17.7 Å². The maximum Gasteiger partial charge on any atom is 0.228 e. The topological polar surface area (TPSA) is 43.9 Å². The van der Waals surface area contributed by atoms with Crippen LogP contribution in [0.5, 0.6) is 0 Å². The lowest BCUT2D eigenvalue weighted by Gasteiger charge is -2.35. The Balaban J connectivity index is 1.90. The van der Waals surface area contributed by atoms with Gasteiger partial charge in [-0.05, 0) is 39.8 Å². The number of rotatable bonds is 4. The molecule has 2 saturated heterocycles. The summed E-state index contributed by atoms with van der Waals surface area (Å²) in [7, 11) is 4.16. The summed E-state index contributed by atoms with van der Waals surface area (Å²) in [4.78, 5) is 30.3. The summed E-state index contributed by atoms with van der Waals surface area (Å²) in [5, 5.41) is 0. The van der Waals surface area contributed by atoms with Crippen LogP contribution in [0.3, 0.4) is 0 Å². The molecule has 0 unspecified atom stereocenters. The molecule has 5 heteroatoms. The van der Waals surface area contributed by atoms with Gasteiger partial charge < -0.3 is 14.7 Å². The minimum absolute atomic E-state index is 0.111. The Labute approximate surface area is 121 Å². The van der Waals surface area contributed by atoms with Gasteiger partial charge in [-0.3, -0.25) is 9.59 Å². The van der Waals surface area contributed by atoms with Gasteiger partial charge in [-0.15, -0.1) is 0 Å². The van der Waals surface area contributed by atoms with E-state index in [9.17, 15) is 9.59 Å². The second kappa shape index (κ2) is 6.57. The van der Waals surface area contributed by atoms with Crippen LogP contribution in [0.4, 0.5) is 0 Å². The summed E-state index contributed by atoms with van der Waals surface area (Å²) >= 11 is 0. The molecule has 2 aliphatic heterocycles. The third-order valence-electron chi connectivity index (χ3n) is 4.40. The number of hydrogen-bond acceptors (Lipinski definition) is 3. The summed E-state index contributed by atoms with van der Waals surface area (Å²) in [6, 6.07) is 0. The number of amides is 2. The molecule has 0 aliphatic carbocycles. The SMILES string of the molecule is CCN1C[C@H](C(=O)N2CCC[C@H](CN(C)C)C2)CC1=O. The van der Waals surface area contributed by atoms with Crippen molar-refractivity contribution in [2.75, 3.05) is 46.8 Å². The second-order valence-electron chi connectivity index (χ2n) is 6.39. The normalized spacial score (nSPS) is 27.5. The van der Waals surface area contributed by atoms with E-state index in [0.29, 0.717) is 25.4 Å². The molecule has 114 valence electrons. The average molecular weight is 281 g/mol. The van der Waals surface area contributed by atoms with Gasteiger partial charge in [0, 0.05) is 39.1 Å². The van der Waals surface area contributed by atoms with Crippen molar-refractivity contribution in [3.05, 3.63) is 0 Å². The second-order valence-corrected chi connectivity index (χ2v) is 6.39. The van der Waals surface area contributed by atoms with Crippen molar-refractivity contribution in [1.82, 2.24) is 14.7 Å². The highest BCUT2D eigenvalue weighted by Crippen LogP contribution is 2.24. The zero-order valence-corrected chi connectivity index (χ0v) is 13.0. The number of carbonyl (C=O) groups excluding carboxylic acids is 2. The van der Waals surface area contributed by atoms with Gasteiger partial charge in [-0.2, -0.15) is 0 Å². The molecular weight excluding hydrogens is 254 g/mol. The molecule has 5 nitrogen and oxygen atoms in total. The van der Waals surface area contributed by atoms with Crippen molar-refractivity contribution in [2.45, 2.75) is 26.2 Å². The van der Waals surface area contributed by atoms with Crippen LogP contribution in [0, 0.1) is 11.8 Å². The van der Waals surface area contributed by atoms with Gasteiger partial charge in [-0.25, -0.2) is 0 Å². The monoisotopic (exact) mass is 281 g/mol. The molecule has 2 atom stereocenters. The number of piperidine rings is 1. The van der Waals surface area contributed by atoms with Crippen LogP contribution in [-0.2, 0) is 9.59 Å². The molecule has 2 amide bonds. The lowest BCUT2D eigenvalue weighted by molar-refractivity contribution is -0.137. The summed E-state index contributed by atoms with van der Waals surface area (Å²) < 4.78 is 0. The molecule has 2 fully saturated rings. The molecular formula is C15H27N3O2. The van der Waals surface area contributed by atoms with Crippen molar-refractivity contribution >= 4 is 11.8 Å². The van der Waals surface area contributed by atoms with Gasteiger partial charge in [0.05, 0.1) is 5.92 Å². The molecule has 0 aromatic carbocycles. The maximum atomic E-state index is 12.6. The van der Waals surface area contributed by atoms with Gasteiger partial charge in [0.2, 0.25) is 11.8 Å². The van der Waals surface area contributed by atoms with E-state index in [1.807, 2.05) is 11.8 Å². The highest BCUT2D eigenvalue weighted by Gasteiger charge is 2.37. The van der Waals surface area contributed by atoms with Crippen molar-refractivity contribution < 1.29 is 9.59 Å². The summed E-state index contributed by atoms with van der Waals surface area (Å²) in [6.07, 6.45) is 2.69. The molecule has 20 heavy (non-hydrogen) atoms. The average Bonchev–Trinajstić information content (AvgIpc) is 2.78. The van der Waals surface area contributed by atoms with Crippen molar-refractivity contribution in [1.29, 1.82) is 0 Å². The van der Waals surface area contributed by atoms with Gasteiger partial charge in [-0.1, -0.05) is 0 Å². The lowest BCUT2D eigenvalue weighted by Crippen LogP contribution is -2.45. The number of nitrogens with zero attached hydrogens (tertiary/aromatic N) is 3. The molecule has 0 saturated carbocycles. The van der Waals surface area contributed by atoms with Crippen LogP contribution in [0.25, 0.3) is 0 Å². The maximum absolute atomic E-state index is 12.6. The summed E-state index contributed by atoms with van der Waals surface area (Å²) in [6.45, 7) is 6.05. The predicted octanol–water partition coefficient (Wildman–Crippen LogP) is 0.655. The Morgan fingerprint density at radius 1 is 1.35 bits per heavy atom. The molecule has 2 heterocycles. The molecule has 0 aromatic rings. The first-order valence-corrected chi connectivity index (χ1v) is 7.72. The smallest absolute Gasteiger partial charge is 0.228 e. The fourth-order valence-corrected chi connectivity index (χ4v) is 3.43. The van der Waals surface area contributed by atoms with Crippen LogP contribution >= 0.6 is 0 Å². The summed E-state index contributed by atoms with van der Waals surface area (Å²) in [5.74, 6) is 0.785. The van der Waals surface area contributed by atoms with Gasteiger partial charge >= 0.3 is 0 Å². The Morgan fingerprint density at radius 2 is 2.10 bits per heavy atom. The van der Waals surface area contributed by atoms with Crippen LogP contribution in [-0.4, -0.2) is 73.3 Å². The molecule has 0 N–H and O–H groups in total. The van der Waals surface area contributed by atoms with Crippen molar-refractivity contribution in [2.24, 2.45) is 11.8 Å². The van der Waals surface area contributed by atoms with E-state index >= 15 is 0 Å². The molecule has 2 aliphatic rings. The van der Waals surface area contributed by atoms with E-state index in [2.05, 4.69) is 19.0 Å². The quantitative estimate of drug-likeness (QED) is 0.760. The fourth-order valence-electron chi connectivity index (χ4n) is 3.43. The largest absolute Gasteiger partial charge is 0.342 e. The standard InChI is InChI=1S/C15H27N3O2/c1-4-17-11-13(8-14(17)19)15(20)18-7-5-6-12(10-18)9-16(2)3/h12-13H,4-11H2,1-3H3/t12-,13-/m1/s1. The predicted molar refractivity (Wildman–Crippen MR) is 78.2 cm³/mol. The number of carbonyl (C=O) groups is 2. The summed E-state index contributed by atoms with van der Waals surface area (Å²) in [5.41, 5.74) is 0. The van der Waals surface area contributed by atoms with Crippen LogP contribution < -0.4 is 0 Å².